The number of carbonyl (C=O) groups excluding carboxylic acids is 2. The quantitative estimate of drug-likeness (QED) is 0.371. The third kappa shape index (κ3) is 5.06. The number of aromatic nitrogens is 1. The third-order valence-corrected chi connectivity index (χ3v) is 5.91. The molecule has 6 nitrogen and oxygen atoms in total. The predicted octanol–water partition coefficient (Wildman–Crippen LogP) is 3.56. The van der Waals surface area contributed by atoms with E-state index in [0.29, 0.717) is 36.6 Å². The number of rotatable bonds is 8. The first-order chi connectivity index (χ1) is 14.1. The maximum absolute atomic E-state index is 13.0. The fourth-order valence-corrected chi connectivity index (χ4v) is 4.34. The lowest BCUT2D eigenvalue weighted by molar-refractivity contribution is -0.149. The molecule has 1 saturated heterocycles. The van der Waals surface area contributed by atoms with Gasteiger partial charge in [-0.1, -0.05) is 0 Å². The van der Waals surface area contributed by atoms with Crippen molar-refractivity contribution in [3.8, 4) is 5.75 Å². The Labute approximate surface area is 176 Å². The Kier molecular flexibility index (Phi) is 7.45. The molecule has 0 saturated carbocycles. The van der Waals surface area contributed by atoms with Gasteiger partial charge in [0.1, 0.15) is 5.75 Å². The van der Waals surface area contributed by atoms with Gasteiger partial charge in [0.05, 0.1) is 25.7 Å². The first-order valence-electron chi connectivity index (χ1n) is 9.89. The largest absolute Gasteiger partial charge is 0.497 e. The van der Waals surface area contributed by atoms with Crippen LogP contribution < -0.4 is 4.74 Å². The number of fused-ring (bicyclic) bond motifs is 1. The minimum absolute atomic E-state index is 0.0532. The number of pyridine rings is 1. The summed E-state index contributed by atoms with van der Waals surface area (Å²) in [4.78, 5) is 31.8. The average molecular weight is 419 g/mol. The zero-order chi connectivity index (χ0) is 20.8. The van der Waals surface area contributed by atoms with Gasteiger partial charge in [0.2, 0.25) is 0 Å². The number of halogens is 1. The van der Waals surface area contributed by atoms with Crippen LogP contribution in [0.1, 0.15) is 29.6 Å². The van der Waals surface area contributed by atoms with E-state index in [4.69, 9.17) is 21.1 Å². The number of nitrogens with zero attached hydrogens (tertiary/aromatic N) is 2. The molecule has 1 aromatic heterocycles. The lowest BCUT2D eigenvalue weighted by Gasteiger charge is -2.36. The van der Waals surface area contributed by atoms with Crippen LogP contribution in [-0.4, -0.2) is 61.4 Å². The highest BCUT2D eigenvalue weighted by Crippen LogP contribution is 2.30. The normalized spacial score (nSPS) is 19.8. The molecule has 3 rings (SSSR count). The first-order valence-corrected chi connectivity index (χ1v) is 10.4. The van der Waals surface area contributed by atoms with Gasteiger partial charge in [-0.2, -0.15) is 0 Å². The molecule has 0 aliphatic carbocycles. The van der Waals surface area contributed by atoms with E-state index in [1.165, 1.54) is 7.11 Å². The van der Waals surface area contributed by atoms with Crippen molar-refractivity contribution in [2.24, 2.45) is 11.8 Å². The second kappa shape index (κ2) is 10.0. The Morgan fingerprint density at radius 2 is 2.10 bits per heavy atom. The predicted molar refractivity (Wildman–Crippen MR) is 113 cm³/mol. The van der Waals surface area contributed by atoms with E-state index < -0.39 is 0 Å². The van der Waals surface area contributed by atoms with Crippen LogP contribution >= 0.6 is 11.6 Å². The third-order valence-electron chi connectivity index (χ3n) is 5.74. The van der Waals surface area contributed by atoms with Gasteiger partial charge in [-0.05, 0) is 49.6 Å². The van der Waals surface area contributed by atoms with Crippen molar-refractivity contribution in [1.29, 1.82) is 0 Å². The maximum Gasteiger partial charge on any atom is 0.310 e. The summed E-state index contributed by atoms with van der Waals surface area (Å²) in [5.74, 6) is 0.977. The van der Waals surface area contributed by atoms with Crippen LogP contribution in [0.4, 0.5) is 0 Å². The van der Waals surface area contributed by atoms with Gasteiger partial charge in [0.25, 0.3) is 0 Å². The summed E-state index contributed by atoms with van der Waals surface area (Å²) in [5, 5.41) is 0.790. The standard InChI is InChI=1S/C22H27ClN2O4/c1-28-16-4-5-20-18(13-16)17(7-10-24-20)21(26)6-3-15-8-11-25(12-9-23)14-19(15)22(27)29-2/h4-5,7,10,13,15,19H,3,6,8-9,11-12,14H2,1-2H3/t15-,19+/m1/s1. The van der Waals surface area contributed by atoms with Crippen LogP contribution in [-0.2, 0) is 9.53 Å². The Hall–Kier alpha value is -2.18. The van der Waals surface area contributed by atoms with Crippen molar-refractivity contribution < 1.29 is 19.1 Å². The summed E-state index contributed by atoms with van der Waals surface area (Å²) in [6.45, 7) is 2.27. The summed E-state index contributed by atoms with van der Waals surface area (Å²) < 4.78 is 10.3. The van der Waals surface area contributed by atoms with Crippen LogP contribution in [0.3, 0.4) is 0 Å². The van der Waals surface area contributed by atoms with Gasteiger partial charge in [-0.15, -0.1) is 11.6 Å². The molecule has 0 N–H and O–H groups in total. The summed E-state index contributed by atoms with van der Waals surface area (Å²) >= 11 is 5.86. The molecule has 2 atom stereocenters. The Morgan fingerprint density at radius 3 is 2.83 bits per heavy atom. The Bertz CT molecular complexity index is 873. The highest BCUT2D eigenvalue weighted by Gasteiger charge is 2.35. The second-order valence-electron chi connectivity index (χ2n) is 7.37. The summed E-state index contributed by atoms with van der Waals surface area (Å²) in [6.07, 6.45) is 3.55. The number of likely N-dealkylation sites (tertiary alicyclic amines) is 1. The monoisotopic (exact) mass is 418 g/mol. The molecular formula is C22H27ClN2O4. The number of hydrogen-bond acceptors (Lipinski definition) is 6. The number of benzene rings is 1. The molecule has 0 spiro atoms. The van der Waals surface area contributed by atoms with Crippen LogP contribution in [0.2, 0.25) is 0 Å². The zero-order valence-corrected chi connectivity index (χ0v) is 17.7. The van der Waals surface area contributed by atoms with E-state index in [1.807, 2.05) is 18.2 Å². The van der Waals surface area contributed by atoms with Crippen molar-refractivity contribution in [1.82, 2.24) is 9.88 Å². The summed E-state index contributed by atoms with van der Waals surface area (Å²) in [7, 11) is 3.02. The summed E-state index contributed by atoms with van der Waals surface area (Å²) in [6, 6.07) is 7.28. The first kappa shape index (κ1) is 21.5. The van der Waals surface area contributed by atoms with Crippen molar-refractivity contribution in [3.63, 3.8) is 0 Å². The molecule has 2 aromatic rings. The fourth-order valence-electron chi connectivity index (χ4n) is 4.10. The SMILES string of the molecule is COC(=O)[C@H]1CN(CCCl)CC[C@H]1CCC(=O)c1ccnc2ccc(OC)cc12. The highest BCUT2D eigenvalue weighted by atomic mass is 35.5. The van der Waals surface area contributed by atoms with Gasteiger partial charge in [0, 0.05) is 42.5 Å². The van der Waals surface area contributed by atoms with Crippen molar-refractivity contribution in [2.75, 3.05) is 39.7 Å². The molecule has 0 radical (unpaired) electrons. The number of carbonyl (C=O) groups is 2. The van der Waals surface area contributed by atoms with Crippen molar-refractivity contribution >= 4 is 34.3 Å². The van der Waals surface area contributed by atoms with Crippen LogP contribution in [0, 0.1) is 11.8 Å². The van der Waals surface area contributed by atoms with Crippen LogP contribution in [0.15, 0.2) is 30.5 Å². The maximum atomic E-state index is 13.0. The van der Waals surface area contributed by atoms with Gasteiger partial charge >= 0.3 is 5.97 Å². The molecule has 0 bridgehead atoms. The minimum Gasteiger partial charge on any atom is -0.497 e. The highest BCUT2D eigenvalue weighted by molar-refractivity contribution is 6.18. The Morgan fingerprint density at radius 1 is 1.28 bits per heavy atom. The van der Waals surface area contributed by atoms with E-state index >= 15 is 0 Å². The van der Waals surface area contributed by atoms with Crippen LogP contribution in [0.25, 0.3) is 10.9 Å². The van der Waals surface area contributed by atoms with E-state index in [2.05, 4.69) is 9.88 Å². The minimum atomic E-state index is -0.223. The molecule has 29 heavy (non-hydrogen) atoms. The van der Waals surface area contributed by atoms with E-state index in [-0.39, 0.29) is 23.6 Å². The van der Waals surface area contributed by atoms with Gasteiger partial charge in [-0.25, -0.2) is 0 Å². The van der Waals surface area contributed by atoms with E-state index in [1.54, 1.807) is 19.4 Å². The number of methoxy groups -OCH3 is 2. The number of Topliss-reactive ketones (excluding diaryl/α,β-unsaturated/α-hetero) is 1. The molecule has 2 heterocycles. The number of ether oxygens (including phenoxy) is 2. The zero-order valence-electron chi connectivity index (χ0n) is 16.9. The number of ketones is 1. The molecule has 1 aliphatic rings. The summed E-state index contributed by atoms with van der Waals surface area (Å²) in [5.41, 5.74) is 1.40. The van der Waals surface area contributed by atoms with Gasteiger partial charge < -0.3 is 14.4 Å². The number of alkyl halides is 1. The topological polar surface area (TPSA) is 68.7 Å². The Balaban J connectivity index is 1.72. The molecule has 0 unspecified atom stereocenters. The average Bonchev–Trinajstić information content (AvgIpc) is 2.76. The van der Waals surface area contributed by atoms with Gasteiger partial charge in [-0.3, -0.25) is 14.6 Å². The molecule has 1 aromatic carbocycles. The number of esters is 1. The number of piperidine rings is 1. The second-order valence-corrected chi connectivity index (χ2v) is 7.75. The molecule has 7 heteroatoms. The van der Waals surface area contributed by atoms with Crippen LogP contribution in [0.5, 0.6) is 5.75 Å². The lowest BCUT2D eigenvalue weighted by Crippen LogP contribution is -2.45. The smallest absolute Gasteiger partial charge is 0.310 e. The molecular weight excluding hydrogens is 392 g/mol. The van der Waals surface area contributed by atoms with E-state index in [0.717, 1.165) is 30.4 Å². The molecule has 156 valence electrons. The molecule has 1 fully saturated rings. The number of hydrogen-bond donors (Lipinski definition) is 0. The molecule has 0 amide bonds. The lowest BCUT2D eigenvalue weighted by atomic mass is 9.81. The van der Waals surface area contributed by atoms with Crippen molar-refractivity contribution in [3.05, 3.63) is 36.0 Å². The van der Waals surface area contributed by atoms with Crippen molar-refractivity contribution in [2.45, 2.75) is 19.3 Å². The van der Waals surface area contributed by atoms with E-state index in [9.17, 15) is 9.59 Å². The van der Waals surface area contributed by atoms with Gasteiger partial charge in [0.15, 0.2) is 5.78 Å². The molecule has 1 aliphatic heterocycles. The fraction of sp³-hybridized carbons (Fsp3) is 0.500.